The quantitative estimate of drug-likeness (QED) is 0.581. The van der Waals surface area contributed by atoms with E-state index in [1.807, 2.05) is 10.8 Å². The molecule has 1 heterocycles. The number of aryl methyl sites for hydroxylation is 1. The van der Waals surface area contributed by atoms with Gasteiger partial charge >= 0.3 is 21.1 Å². The van der Waals surface area contributed by atoms with Crippen molar-refractivity contribution in [1.29, 1.82) is 0 Å². The SMILES string of the molecule is [CH2-]CCn1[c-]ncc1.[W+2].[W]. The minimum Gasteiger partial charge on any atom is -0.456 e. The Morgan fingerprint density at radius 3 is 2.70 bits per heavy atom. The van der Waals surface area contributed by atoms with Gasteiger partial charge in [-0.15, -0.1) is 12.4 Å². The molecule has 1 aromatic rings. The van der Waals surface area contributed by atoms with Gasteiger partial charge in [0.2, 0.25) is 0 Å². The van der Waals surface area contributed by atoms with E-state index >= 15 is 0 Å². The minimum atomic E-state index is 0. The van der Waals surface area contributed by atoms with E-state index in [9.17, 15) is 0 Å². The summed E-state index contributed by atoms with van der Waals surface area (Å²) in [5.41, 5.74) is 0. The molecule has 0 amide bonds. The van der Waals surface area contributed by atoms with E-state index in [0.717, 1.165) is 13.0 Å². The Hall–Kier alpha value is 0.587. The molecule has 0 aliphatic rings. The number of nitrogens with zero attached hydrogens (tertiary/aromatic N) is 2. The van der Waals surface area contributed by atoms with Crippen LogP contribution in [0, 0.1) is 13.3 Å². The van der Waals surface area contributed by atoms with Gasteiger partial charge in [0.1, 0.15) is 0 Å². The molecular formula is C6H8N2W2. The van der Waals surface area contributed by atoms with Crippen molar-refractivity contribution in [3.05, 3.63) is 25.6 Å². The van der Waals surface area contributed by atoms with Crippen molar-refractivity contribution in [2.24, 2.45) is 0 Å². The maximum absolute atomic E-state index is 3.75. The molecule has 1 rings (SSSR count). The van der Waals surface area contributed by atoms with E-state index in [4.69, 9.17) is 0 Å². The average Bonchev–Trinajstić information content (AvgIpc) is 2.19. The Morgan fingerprint density at radius 2 is 2.30 bits per heavy atom. The van der Waals surface area contributed by atoms with E-state index in [-0.39, 0.29) is 42.1 Å². The fraction of sp³-hybridized carbons (Fsp3) is 0.333. The molecule has 0 saturated heterocycles. The molecule has 0 N–H and O–H groups in total. The van der Waals surface area contributed by atoms with Crippen LogP contribution in [0.2, 0.25) is 0 Å². The molecule has 0 bridgehead atoms. The molecule has 2 nitrogen and oxygen atoms in total. The molecule has 0 saturated carbocycles. The summed E-state index contributed by atoms with van der Waals surface area (Å²) in [7, 11) is 0. The van der Waals surface area contributed by atoms with Crippen LogP contribution >= 0.6 is 0 Å². The summed E-state index contributed by atoms with van der Waals surface area (Å²) in [6.07, 6.45) is 7.26. The molecule has 0 aromatic carbocycles. The Bertz CT molecular complexity index is 139. The third kappa shape index (κ3) is 4.41. The van der Waals surface area contributed by atoms with Crippen LogP contribution in [0.3, 0.4) is 0 Å². The van der Waals surface area contributed by atoms with Crippen molar-refractivity contribution in [1.82, 2.24) is 9.55 Å². The number of rotatable bonds is 2. The van der Waals surface area contributed by atoms with Crippen LogP contribution in [-0.4, -0.2) is 9.55 Å². The van der Waals surface area contributed by atoms with Gasteiger partial charge < -0.3 is 16.5 Å². The predicted octanol–water partition coefficient (Wildman–Crippen LogP) is 0.902. The second-order valence-electron chi connectivity index (χ2n) is 1.57. The first-order valence-electron chi connectivity index (χ1n) is 2.61. The van der Waals surface area contributed by atoms with E-state index in [1.54, 1.807) is 6.20 Å². The van der Waals surface area contributed by atoms with Crippen molar-refractivity contribution in [3.8, 4) is 0 Å². The standard InChI is InChI=1S/C6H8N2.2W/c1-2-4-8-5-3-7-6-8;;/h3,5H,1-2,4H2;;/q-2;;+2. The predicted molar refractivity (Wildman–Crippen MR) is 31.0 cm³/mol. The molecule has 0 atom stereocenters. The topological polar surface area (TPSA) is 17.8 Å². The van der Waals surface area contributed by atoms with Crippen molar-refractivity contribution in [2.45, 2.75) is 13.0 Å². The number of aromatic nitrogens is 2. The Morgan fingerprint density at radius 1 is 1.60 bits per heavy atom. The first-order valence-corrected chi connectivity index (χ1v) is 2.61. The molecule has 0 fully saturated rings. The van der Waals surface area contributed by atoms with Crippen LogP contribution in [0.15, 0.2) is 12.4 Å². The van der Waals surface area contributed by atoms with Crippen LogP contribution in [0.25, 0.3) is 0 Å². The molecule has 0 spiro atoms. The van der Waals surface area contributed by atoms with Crippen molar-refractivity contribution in [2.75, 3.05) is 0 Å². The van der Waals surface area contributed by atoms with Gasteiger partial charge in [0.25, 0.3) is 0 Å². The van der Waals surface area contributed by atoms with Gasteiger partial charge in [0.05, 0.1) is 0 Å². The van der Waals surface area contributed by atoms with E-state index in [1.165, 1.54) is 0 Å². The minimum absolute atomic E-state index is 0. The number of hydrogen-bond acceptors (Lipinski definition) is 1. The van der Waals surface area contributed by atoms with Crippen molar-refractivity contribution in [3.63, 3.8) is 0 Å². The summed E-state index contributed by atoms with van der Waals surface area (Å²) in [5.74, 6) is 0. The van der Waals surface area contributed by atoms with Crippen LogP contribution < -0.4 is 0 Å². The van der Waals surface area contributed by atoms with Crippen LogP contribution in [-0.2, 0) is 48.7 Å². The van der Waals surface area contributed by atoms with Crippen LogP contribution in [0.4, 0.5) is 0 Å². The van der Waals surface area contributed by atoms with Gasteiger partial charge in [-0.3, -0.25) is 0 Å². The summed E-state index contributed by atoms with van der Waals surface area (Å²) in [5, 5.41) is 0. The first-order chi connectivity index (χ1) is 3.93. The van der Waals surface area contributed by atoms with Crippen LogP contribution in [0.5, 0.6) is 0 Å². The second-order valence-corrected chi connectivity index (χ2v) is 1.57. The maximum atomic E-state index is 3.75. The molecule has 0 radical (unpaired) electrons. The van der Waals surface area contributed by atoms with Gasteiger partial charge in [0, 0.05) is 27.4 Å². The van der Waals surface area contributed by atoms with Gasteiger partial charge in [0.15, 0.2) is 0 Å². The normalized spacial score (nSPS) is 7.70. The Kier molecular flexibility index (Phi) is 10.1. The van der Waals surface area contributed by atoms with E-state index in [0.29, 0.717) is 0 Å². The molecule has 10 heavy (non-hydrogen) atoms. The fourth-order valence-corrected chi connectivity index (χ4v) is 0.550. The summed E-state index contributed by atoms with van der Waals surface area (Å²) in [6, 6.07) is 0. The van der Waals surface area contributed by atoms with E-state index < -0.39 is 0 Å². The monoisotopic (exact) mass is 476 g/mol. The molecule has 1 aromatic heterocycles. The molecule has 54 valence electrons. The van der Waals surface area contributed by atoms with Gasteiger partial charge in [-0.25, -0.2) is 0 Å². The number of hydrogen-bond donors (Lipinski definition) is 0. The Balaban J connectivity index is 0. The maximum Gasteiger partial charge on any atom is 2.00 e. The summed E-state index contributed by atoms with van der Waals surface area (Å²) >= 11 is 0. The number of imidazole rings is 1. The largest absolute Gasteiger partial charge is 2.00 e. The molecule has 4 heteroatoms. The van der Waals surface area contributed by atoms with Crippen molar-refractivity contribution >= 4 is 0 Å². The molecule has 0 aliphatic heterocycles. The molecular weight excluding hydrogens is 468 g/mol. The van der Waals surface area contributed by atoms with E-state index in [2.05, 4.69) is 18.2 Å². The zero-order valence-electron chi connectivity index (χ0n) is 5.49. The fourth-order valence-electron chi connectivity index (χ4n) is 0.550. The van der Waals surface area contributed by atoms with Gasteiger partial charge in [-0.1, -0.05) is 0 Å². The average molecular weight is 476 g/mol. The van der Waals surface area contributed by atoms with Crippen molar-refractivity contribution < 1.29 is 42.1 Å². The molecule has 0 aliphatic carbocycles. The van der Waals surface area contributed by atoms with Crippen LogP contribution in [0.1, 0.15) is 6.42 Å². The smallest absolute Gasteiger partial charge is 0.456 e. The Labute approximate surface area is 89.9 Å². The third-order valence-electron chi connectivity index (χ3n) is 0.906. The zero-order chi connectivity index (χ0) is 5.82. The second kappa shape index (κ2) is 7.69. The third-order valence-corrected chi connectivity index (χ3v) is 0.906. The zero-order valence-corrected chi connectivity index (χ0v) is 11.4. The summed E-state index contributed by atoms with van der Waals surface area (Å²) < 4.78 is 1.88. The summed E-state index contributed by atoms with van der Waals surface area (Å²) in [4.78, 5) is 3.75. The first kappa shape index (κ1) is 13.2. The van der Waals surface area contributed by atoms with Gasteiger partial charge in [-0.05, 0) is 6.54 Å². The summed E-state index contributed by atoms with van der Waals surface area (Å²) in [6.45, 7) is 4.61. The molecule has 0 unspecified atom stereocenters. The van der Waals surface area contributed by atoms with Gasteiger partial charge in [-0.2, -0.15) is 6.42 Å².